The van der Waals surface area contributed by atoms with Crippen molar-refractivity contribution in [3.05, 3.63) is 24.0 Å². The molecule has 0 amide bonds. The smallest absolute Gasteiger partial charge is 0.0772 e. The highest BCUT2D eigenvalue weighted by Gasteiger charge is 2.13. The van der Waals surface area contributed by atoms with Crippen LogP contribution in [0, 0.1) is 0 Å². The first kappa shape index (κ1) is 10.4. The molecule has 0 atom stereocenters. The van der Waals surface area contributed by atoms with E-state index in [1.807, 2.05) is 6.07 Å². The Morgan fingerprint density at radius 3 is 3.20 bits per heavy atom. The monoisotopic (exact) mass is 207 g/mol. The lowest BCUT2D eigenvalue weighted by atomic mass is 10.2. The molecule has 4 nitrogen and oxygen atoms in total. The minimum atomic E-state index is 0.494. The highest BCUT2D eigenvalue weighted by atomic mass is 16.5. The zero-order valence-electron chi connectivity index (χ0n) is 8.85. The van der Waals surface area contributed by atoms with Crippen LogP contribution in [0.3, 0.4) is 0 Å². The molecule has 2 rings (SSSR count). The Kier molecular flexibility index (Phi) is 3.53. The van der Waals surface area contributed by atoms with Gasteiger partial charge in [0, 0.05) is 32.4 Å². The van der Waals surface area contributed by atoms with Gasteiger partial charge in [-0.2, -0.15) is 0 Å². The molecule has 4 heteroatoms. The van der Waals surface area contributed by atoms with E-state index in [1.165, 1.54) is 0 Å². The first-order chi connectivity index (χ1) is 7.42. The fraction of sp³-hybridized carbons (Fsp3) is 0.545. The van der Waals surface area contributed by atoms with Crippen molar-refractivity contribution in [2.75, 3.05) is 31.2 Å². The molecule has 0 unspecified atom stereocenters. The van der Waals surface area contributed by atoms with Crippen molar-refractivity contribution in [2.45, 2.75) is 13.0 Å². The summed E-state index contributed by atoms with van der Waals surface area (Å²) in [4.78, 5) is 6.60. The first-order valence-corrected chi connectivity index (χ1v) is 5.38. The van der Waals surface area contributed by atoms with Crippen LogP contribution in [0.15, 0.2) is 18.3 Å². The second kappa shape index (κ2) is 5.09. The van der Waals surface area contributed by atoms with Crippen molar-refractivity contribution in [2.24, 2.45) is 5.73 Å². The quantitative estimate of drug-likeness (QED) is 0.778. The van der Waals surface area contributed by atoms with Gasteiger partial charge < -0.3 is 15.4 Å². The van der Waals surface area contributed by atoms with Gasteiger partial charge in [0.15, 0.2) is 0 Å². The summed E-state index contributed by atoms with van der Waals surface area (Å²) < 4.78 is 5.43. The Balaban J connectivity index is 2.18. The molecule has 0 spiro atoms. The van der Waals surface area contributed by atoms with E-state index in [1.54, 1.807) is 6.20 Å². The summed E-state index contributed by atoms with van der Waals surface area (Å²) in [6.07, 6.45) is 2.86. The molecule has 1 fully saturated rings. The van der Waals surface area contributed by atoms with Gasteiger partial charge in [-0.05, 0) is 18.6 Å². The molecule has 82 valence electrons. The fourth-order valence-corrected chi connectivity index (χ4v) is 1.86. The summed E-state index contributed by atoms with van der Waals surface area (Å²) in [5, 5.41) is 0. The van der Waals surface area contributed by atoms with Gasteiger partial charge in [-0.25, -0.2) is 0 Å². The van der Waals surface area contributed by atoms with E-state index < -0.39 is 0 Å². The van der Waals surface area contributed by atoms with Crippen molar-refractivity contribution in [1.82, 2.24) is 4.98 Å². The second-order valence-corrected chi connectivity index (χ2v) is 3.63. The molecule has 1 aromatic heterocycles. The third kappa shape index (κ3) is 2.46. The zero-order chi connectivity index (χ0) is 10.5. The summed E-state index contributed by atoms with van der Waals surface area (Å²) in [7, 11) is 0. The molecule has 0 aromatic carbocycles. The number of nitrogens with zero attached hydrogens (tertiary/aromatic N) is 2. The van der Waals surface area contributed by atoms with Crippen LogP contribution in [-0.2, 0) is 11.3 Å². The molecule has 0 bridgehead atoms. The largest absolute Gasteiger partial charge is 0.380 e. The third-order valence-corrected chi connectivity index (χ3v) is 2.62. The van der Waals surface area contributed by atoms with E-state index in [2.05, 4.69) is 16.0 Å². The summed E-state index contributed by atoms with van der Waals surface area (Å²) in [6.45, 7) is 4.10. The Bertz CT molecular complexity index is 308. The normalized spacial score (nSPS) is 17.5. The van der Waals surface area contributed by atoms with E-state index in [0.29, 0.717) is 6.54 Å². The standard InChI is InChI=1S/C11H17N3O/c12-9-10-11(3-1-4-13-10)14-5-2-7-15-8-6-14/h1,3-4H,2,5-9,12H2. The molecular weight excluding hydrogens is 190 g/mol. The van der Waals surface area contributed by atoms with Gasteiger partial charge in [0.05, 0.1) is 18.0 Å². The lowest BCUT2D eigenvalue weighted by Crippen LogP contribution is -2.27. The average Bonchev–Trinajstić information content (AvgIpc) is 2.57. The number of anilines is 1. The Morgan fingerprint density at radius 2 is 2.33 bits per heavy atom. The number of aromatic nitrogens is 1. The molecule has 2 heterocycles. The van der Waals surface area contributed by atoms with E-state index in [4.69, 9.17) is 10.5 Å². The number of ether oxygens (including phenoxy) is 1. The minimum Gasteiger partial charge on any atom is -0.380 e. The predicted molar refractivity (Wildman–Crippen MR) is 59.8 cm³/mol. The molecule has 0 saturated carbocycles. The predicted octanol–water partition coefficient (Wildman–Crippen LogP) is 0.767. The maximum absolute atomic E-state index is 5.68. The van der Waals surface area contributed by atoms with Gasteiger partial charge in [0.2, 0.25) is 0 Å². The first-order valence-electron chi connectivity index (χ1n) is 5.38. The number of nitrogens with two attached hydrogens (primary N) is 1. The lowest BCUT2D eigenvalue weighted by Gasteiger charge is -2.23. The summed E-state index contributed by atoms with van der Waals surface area (Å²) in [6, 6.07) is 4.04. The van der Waals surface area contributed by atoms with E-state index in [-0.39, 0.29) is 0 Å². The molecule has 1 saturated heterocycles. The van der Waals surface area contributed by atoms with Crippen molar-refractivity contribution in [3.8, 4) is 0 Å². The maximum Gasteiger partial charge on any atom is 0.0772 e. The maximum atomic E-state index is 5.68. The molecular formula is C11H17N3O. The average molecular weight is 207 g/mol. The van der Waals surface area contributed by atoms with Crippen LogP contribution in [-0.4, -0.2) is 31.3 Å². The van der Waals surface area contributed by atoms with Crippen molar-refractivity contribution in [1.29, 1.82) is 0 Å². The number of hydrogen-bond donors (Lipinski definition) is 1. The SMILES string of the molecule is NCc1ncccc1N1CCCOCC1. The van der Waals surface area contributed by atoms with Crippen LogP contribution in [0.2, 0.25) is 0 Å². The van der Waals surface area contributed by atoms with Crippen LogP contribution in [0.5, 0.6) is 0 Å². The third-order valence-electron chi connectivity index (χ3n) is 2.62. The minimum absolute atomic E-state index is 0.494. The molecule has 15 heavy (non-hydrogen) atoms. The highest BCUT2D eigenvalue weighted by molar-refractivity contribution is 5.50. The van der Waals surface area contributed by atoms with Gasteiger partial charge in [-0.15, -0.1) is 0 Å². The van der Waals surface area contributed by atoms with E-state index in [9.17, 15) is 0 Å². The zero-order valence-corrected chi connectivity index (χ0v) is 8.85. The van der Waals surface area contributed by atoms with Crippen molar-refractivity contribution < 1.29 is 4.74 Å². The van der Waals surface area contributed by atoms with Crippen molar-refractivity contribution in [3.63, 3.8) is 0 Å². The van der Waals surface area contributed by atoms with Crippen molar-refractivity contribution >= 4 is 5.69 Å². The van der Waals surface area contributed by atoms with Gasteiger partial charge >= 0.3 is 0 Å². The van der Waals surface area contributed by atoms with Gasteiger partial charge in [-0.1, -0.05) is 0 Å². The number of rotatable bonds is 2. The second-order valence-electron chi connectivity index (χ2n) is 3.63. The summed E-state index contributed by atoms with van der Waals surface area (Å²) >= 11 is 0. The Labute approximate surface area is 90.0 Å². The molecule has 1 aliphatic heterocycles. The Morgan fingerprint density at radius 1 is 1.40 bits per heavy atom. The topological polar surface area (TPSA) is 51.4 Å². The molecule has 1 aromatic rings. The van der Waals surface area contributed by atoms with Gasteiger partial charge in [0.1, 0.15) is 0 Å². The molecule has 0 radical (unpaired) electrons. The highest BCUT2D eigenvalue weighted by Crippen LogP contribution is 2.18. The number of pyridine rings is 1. The Hall–Kier alpha value is -1.13. The van der Waals surface area contributed by atoms with Crippen LogP contribution in [0.1, 0.15) is 12.1 Å². The fourth-order valence-electron chi connectivity index (χ4n) is 1.86. The molecule has 2 N–H and O–H groups in total. The van der Waals surface area contributed by atoms with Crippen LogP contribution < -0.4 is 10.6 Å². The van der Waals surface area contributed by atoms with Crippen LogP contribution in [0.4, 0.5) is 5.69 Å². The van der Waals surface area contributed by atoms with Crippen LogP contribution >= 0.6 is 0 Å². The molecule has 1 aliphatic rings. The van der Waals surface area contributed by atoms with E-state index >= 15 is 0 Å². The van der Waals surface area contributed by atoms with E-state index in [0.717, 1.165) is 44.1 Å². The summed E-state index contributed by atoms with van der Waals surface area (Å²) in [5.41, 5.74) is 7.81. The van der Waals surface area contributed by atoms with Crippen LogP contribution in [0.25, 0.3) is 0 Å². The number of hydrogen-bond acceptors (Lipinski definition) is 4. The van der Waals surface area contributed by atoms with Gasteiger partial charge in [-0.3, -0.25) is 4.98 Å². The lowest BCUT2D eigenvalue weighted by molar-refractivity contribution is 0.152. The van der Waals surface area contributed by atoms with Gasteiger partial charge in [0.25, 0.3) is 0 Å². The molecule has 0 aliphatic carbocycles. The summed E-state index contributed by atoms with van der Waals surface area (Å²) in [5.74, 6) is 0.